The van der Waals surface area contributed by atoms with Crippen molar-refractivity contribution in [2.75, 3.05) is 0 Å². The van der Waals surface area contributed by atoms with Crippen LogP contribution in [0, 0.1) is 0 Å². The highest BCUT2D eigenvalue weighted by Crippen LogP contribution is 2.21. The smallest absolute Gasteiger partial charge is 0.329 e. The highest BCUT2D eigenvalue weighted by atomic mass is 16.2. The van der Waals surface area contributed by atoms with E-state index in [1.165, 1.54) is 4.57 Å². The summed E-state index contributed by atoms with van der Waals surface area (Å²) in [6.45, 7) is 4.15. The summed E-state index contributed by atoms with van der Waals surface area (Å²) in [5.41, 5.74) is -0.0625. The molecule has 0 aliphatic rings. The molecule has 0 saturated carbocycles. The van der Waals surface area contributed by atoms with Crippen LogP contribution in [0.5, 0.6) is 0 Å². The average Bonchev–Trinajstić information content (AvgIpc) is 2.73. The van der Waals surface area contributed by atoms with Gasteiger partial charge in [0.2, 0.25) is 0 Å². The first-order valence-electron chi connectivity index (χ1n) is 5.77. The number of aryl methyl sites for hydroxylation is 1. The molecule has 92 valence electrons. The molecule has 0 unspecified atom stereocenters. The van der Waals surface area contributed by atoms with Crippen LogP contribution in [-0.2, 0) is 7.05 Å². The summed E-state index contributed by atoms with van der Waals surface area (Å²) in [6, 6.07) is 0. The molecule has 0 atom stereocenters. The van der Waals surface area contributed by atoms with Gasteiger partial charge >= 0.3 is 5.69 Å². The number of H-pyrrole nitrogens is 2. The predicted molar refractivity (Wildman–Crippen MR) is 65.3 cm³/mol. The van der Waals surface area contributed by atoms with Crippen molar-refractivity contribution in [2.45, 2.75) is 32.6 Å². The van der Waals surface area contributed by atoms with E-state index >= 15 is 0 Å². The number of nitrogens with zero attached hydrogens (tertiary/aromatic N) is 2. The summed E-state index contributed by atoms with van der Waals surface area (Å²) in [7, 11) is 1.60. The number of imidazole rings is 1. The molecule has 6 nitrogen and oxygen atoms in total. The van der Waals surface area contributed by atoms with Crippen LogP contribution >= 0.6 is 0 Å². The van der Waals surface area contributed by atoms with Crippen molar-refractivity contribution < 1.29 is 0 Å². The highest BCUT2D eigenvalue weighted by Gasteiger charge is 2.15. The molecule has 6 heteroatoms. The van der Waals surface area contributed by atoms with Crippen molar-refractivity contribution >= 4 is 11.2 Å². The van der Waals surface area contributed by atoms with Crippen LogP contribution in [0.4, 0.5) is 0 Å². The van der Waals surface area contributed by atoms with Gasteiger partial charge in [-0.1, -0.05) is 13.8 Å². The second-order valence-electron chi connectivity index (χ2n) is 4.15. The molecule has 0 aliphatic carbocycles. The molecule has 0 aromatic carbocycles. The largest absolute Gasteiger partial charge is 0.336 e. The first-order valence-corrected chi connectivity index (χ1v) is 5.77. The molecule has 0 fully saturated rings. The minimum absolute atomic E-state index is 0.289. The Bertz CT molecular complexity index is 646. The fourth-order valence-electron chi connectivity index (χ4n) is 1.99. The molecule has 2 aromatic rings. The van der Waals surface area contributed by atoms with Crippen LogP contribution in [0.15, 0.2) is 9.59 Å². The second kappa shape index (κ2) is 4.20. The molecule has 0 spiro atoms. The molecular weight excluding hydrogens is 220 g/mol. The van der Waals surface area contributed by atoms with Crippen molar-refractivity contribution in [1.82, 2.24) is 19.5 Å². The second-order valence-corrected chi connectivity index (χ2v) is 4.15. The van der Waals surface area contributed by atoms with Crippen LogP contribution in [-0.4, -0.2) is 19.5 Å². The summed E-state index contributed by atoms with van der Waals surface area (Å²) in [6.07, 6.45) is 1.89. The van der Waals surface area contributed by atoms with Crippen molar-refractivity contribution in [3.05, 3.63) is 26.7 Å². The van der Waals surface area contributed by atoms with Gasteiger partial charge in [0.1, 0.15) is 11.3 Å². The van der Waals surface area contributed by atoms with Gasteiger partial charge < -0.3 is 4.98 Å². The van der Waals surface area contributed by atoms with Gasteiger partial charge in [0.25, 0.3) is 5.56 Å². The third kappa shape index (κ3) is 1.79. The monoisotopic (exact) mass is 236 g/mol. The number of hydrogen-bond acceptors (Lipinski definition) is 3. The van der Waals surface area contributed by atoms with Gasteiger partial charge in [0.15, 0.2) is 5.65 Å². The van der Waals surface area contributed by atoms with E-state index in [9.17, 15) is 9.59 Å². The maximum absolute atomic E-state index is 11.6. The Hall–Kier alpha value is -1.85. The molecule has 2 heterocycles. The Morgan fingerprint density at radius 1 is 1.24 bits per heavy atom. The zero-order valence-electron chi connectivity index (χ0n) is 10.2. The maximum atomic E-state index is 11.6. The Balaban J connectivity index is 2.73. The Morgan fingerprint density at radius 2 is 1.88 bits per heavy atom. The average molecular weight is 236 g/mol. The molecule has 0 radical (unpaired) electrons. The molecular formula is C11H16N4O2. The van der Waals surface area contributed by atoms with Crippen molar-refractivity contribution in [1.29, 1.82) is 0 Å². The summed E-state index contributed by atoms with van der Waals surface area (Å²) in [5.74, 6) is 1.06. The fourth-order valence-corrected chi connectivity index (χ4v) is 1.99. The molecule has 0 saturated heterocycles. The zero-order valence-corrected chi connectivity index (χ0v) is 10.2. The number of aromatic nitrogens is 4. The van der Waals surface area contributed by atoms with E-state index in [0.717, 1.165) is 18.7 Å². The van der Waals surface area contributed by atoms with Crippen LogP contribution in [0.3, 0.4) is 0 Å². The topological polar surface area (TPSA) is 83.5 Å². The Morgan fingerprint density at radius 3 is 2.47 bits per heavy atom. The molecule has 0 bridgehead atoms. The lowest BCUT2D eigenvalue weighted by Gasteiger charge is -2.06. The summed E-state index contributed by atoms with van der Waals surface area (Å²) >= 11 is 0. The first-order chi connectivity index (χ1) is 8.08. The highest BCUT2D eigenvalue weighted by molar-refractivity contribution is 5.69. The number of nitrogens with one attached hydrogen (secondary N) is 2. The lowest BCUT2D eigenvalue weighted by atomic mass is 10.0. The van der Waals surface area contributed by atoms with Crippen LogP contribution < -0.4 is 11.2 Å². The van der Waals surface area contributed by atoms with Gasteiger partial charge in [-0.15, -0.1) is 0 Å². The first kappa shape index (κ1) is 11.6. The molecule has 2 aromatic heterocycles. The quantitative estimate of drug-likeness (QED) is 0.828. The predicted octanol–water partition coefficient (Wildman–Crippen LogP) is 0.853. The van der Waals surface area contributed by atoms with E-state index in [4.69, 9.17) is 0 Å². The maximum Gasteiger partial charge on any atom is 0.329 e. The van der Waals surface area contributed by atoms with Crippen molar-refractivity contribution in [2.24, 2.45) is 7.05 Å². The number of fused-ring (bicyclic) bond motifs is 1. The Kier molecular flexibility index (Phi) is 2.87. The molecule has 17 heavy (non-hydrogen) atoms. The van der Waals surface area contributed by atoms with E-state index in [0.29, 0.717) is 11.2 Å². The van der Waals surface area contributed by atoms with E-state index in [1.54, 1.807) is 7.05 Å². The number of hydrogen-bond donors (Lipinski definition) is 2. The van der Waals surface area contributed by atoms with Gasteiger partial charge in [0.05, 0.1) is 0 Å². The van der Waals surface area contributed by atoms with E-state index in [1.807, 2.05) is 0 Å². The van der Waals surface area contributed by atoms with Crippen LogP contribution in [0.2, 0.25) is 0 Å². The molecule has 2 rings (SSSR count). The van der Waals surface area contributed by atoms with Crippen LogP contribution in [0.25, 0.3) is 11.2 Å². The lowest BCUT2D eigenvalue weighted by molar-refractivity contribution is 0.610. The summed E-state index contributed by atoms with van der Waals surface area (Å²) in [5, 5.41) is 0. The Labute approximate surface area is 97.7 Å². The SMILES string of the molecule is CCC(CC)c1nc2c([nH]1)c(=O)[nH]c(=O)n2C. The molecule has 0 amide bonds. The van der Waals surface area contributed by atoms with Gasteiger partial charge in [-0.05, 0) is 12.8 Å². The van der Waals surface area contributed by atoms with E-state index in [-0.39, 0.29) is 5.92 Å². The van der Waals surface area contributed by atoms with E-state index < -0.39 is 11.2 Å². The van der Waals surface area contributed by atoms with Crippen molar-refractivity contribution in [3.63, 3.8) is 0 Å². The van der Waals surface area contributed by atoms with Gasteiger partial charge in [-0.3, -0.25) is 14.3 Å². The van der Waals surface area contributed by atoms with Crippen molar-refractivity contribution in [3.8, 4) is 0 Å². The summed E-state index contributed by atoms with van der Waals surface area (Å²) in [4.78, 5) is 32.7. The lowest BCUT2D eigenvalue weighted by Crippen LogP contribution is -2.28. The summed E-state index contributed by atoms with van der Waals surface area (Å²) < 4.78 is 1.35. The normalized spacial score (nSPS) is 11.5. The minimum Gasteiger partial charge on any atom is -0.336 e. The fraction of sp³-hybridized carbons (Fsp3) is 0.545. The van der Waals surface area contributed by atoms with Gasteiger partial charge in [0, 0.05) is 13.0 Å². The van der Waals surface area contributed by atoms with Gasteiger partial charge in [-0.2, -0.15) is 0 Å². The third-order valence-electron chi connectivity index (χ3n) is 3.15. The standard InChI is InChI=1S/C11H16N4O2/c1-4-6(5-2)8-12-7-9(13-8)15(3)11(17)14-10(7)16/h6H,4-5H2,1-3H3,(H,12,13)(H,14,16,17). The number of rotatable bonds is 3. The third-order valence-corrected chi connectivity index (χ3v) is 3.15. The minimum atomic E-state index is -0.440. The molecule has 0 aliphatic heterocycles. The number of aromatic amines is 2. The zero-order chi connectivity index (χ0) is 12.6. The molecule has 2 N–H and O–H groups in total. The van der Waals surface area contributed by atoms with Gasteiger partial charge in [-0.25, -0.2) is 9.78 Å². The van der Waals surface area contributed by atoms with E-state index in [2.05, 4.69) is 28.8 Å². The van der Waals surface area contributed by atoms with Crippen LogP contribution in [0.1, 0.15) is 38.4 Å².